The molecule has 0 atom stereocenters. The van der Waals surface area contributed by atoms with Gasteiger partial charge in [0.2, 0.25) is 0 Å². The third-order valence-corrected chi connectivity index (χ3v) is 5.92. The Morgan fingerprint density at radius 1 is 0.393 bits per heavy atom. The van der Waals surface area contributed by atoms with Crippen molar-refractivity contribution in [1.82, 2.24) is 0 Å². The van der Waals surface area contributed by atoms with E-state index in [0.29, 0.717) is 0 Å². The number of hydrogen-bond acceptors (Lipinski definition) is 0. The fraction of sp³-hybridized carbons (Fsp3) is 0.857. The van der Waals surface area contributed by atoms with Crippen molar-refractivity contribution in [3.05, 3.63) is 24.8 Å². The van der Waals surface area contributed by atoms with Gasteiger partial charge in [0.1, 0.15) is 0 Å². The van der Waals surface area contributed by atoms with Gasteiger partial charge in [-0.25, -0.2) is 0 Å². The molecule has 0 aromatic heterocycles. The number of hydrogen-bond donors (Lipinski definition) is 0. The van der Waals surface area contributed by atoms with Crippen LogP contribution in [0.1, 0.15) is 155 Å². The molecule has 0 saturated heterocycles. The third kappa shape index (κ3) is 25.5. The second-order valence-corrected chi connectivity index (χ2v) is 8.84. The van der Waals surface area contributed by atoms with Crippen molar-refractivity contribution in [2.45, 2.75) is 155 Å². The molecule has 0 nitrogen and oxygen atoms in total. The highest BCUT2D eigenvalue weighted by atomic mass is 14.0. The summed E-state index contributed by atoms with van der Waals surface area (Å²) in [5, 5.41) is 0. The molecule has 0 spiro atoms. The molecule has 0 rings (SSSR count). The minimum atomic E-state index is 1.20. The van der Waals surface area contributed by atoms with Crippen LogP contribution >= 0.6 is 0 Å². The van der Waals surface area contributed by atoms with Crippen LogP contribution in [0.2, 0.25) is 0 Å². The van der Waals surface area contributed by atoms with Crippen LogP contribution in [0.15, 0.2) is 24.8 Å². The van der Waals surface area contributed by atoms with E-state index in [9.17, 15) is 0 Å². The van der Waals surface area contributed by atoms with Gasteiger partial charge in [-0.1, -0.05) is 134 Å². The van der Waals surface area contributed by atoms with Gasteiger partial charge in [-0.05, 0) is 38.5 Å². The largest absolute Gasteiger partial charge is 0.103 e. The molecule has 0 amide bonds. The van der Waals surface area contributed by atoms with E-state index in [1.165, 1.54) is 148 Å². The van der Waals surface area contributed by atoms with Crippen LogP contribution < -0.4 is 0 Å². The number of allylic oxidation sites excluding steroid dienone is 3. The molecular formula is C28H54. The molecule has 0 aliphatic heterocycles. The summed E-state index contributed by atoms with van der Waals surface area (Å²) in [6.07, 6.45) is 39.4. The van der Waals surface area contributed by atoms with Gasteiger partial charge in [0.25, 0.3) is 0 Å². The minimum absolute atomic E-state index is 1.20. The molecule has 0 unspecified atom stereocenters. The topological polar surface area (TPSA) is 0 Å². The average Bonchev–Trinajstić information content (AvgIpc) is 2.71. The first-order valence-electron chi connectivity index (χ1n) is 13.2. The van der Waals surface area contributed by atoms with Gasteiger partial charge in [-0.3, -0.25) is 0 Å². The van der Waals surface area contributed by atoms with Crippen molar-refractivity contribution < 1.29 is 0 Å². The van der Waals surface area contributed by atoms with Gasteiger partial charge in [-0.15, -0.1) is 6.58 Å². The maximum Gasteiger partial charge on any atom is -0.0351 e. The summed E-state index contributed by atoms with van der Waals surface area (Å²) in [6, 6.07) is 0. The number of rotatable bonds is 24. The van der Waals surface area contributed by atoms with Crippen molar-refractivity contribution in [2.75, 3.05) is 0 Å². The van der Waals surface area contributed by atoms with Crippen LogP contribution in [0, 0.1) is 0 Å². The lowest BCUT2D eigenvalue weighted by Crippen LogP contribution is -1.82. The van der Waals surface area contributed by atoms with Crippen LogP contribution in [0.3, 0.4) is 0 Å². The van der Waals surface area contributed by atoms with E-state index in [1.54, 1.807) is 0 Å². The summed E-state index contributed by atoms with van der Waals surface area (Å²) >= 11 is 0. The highest BCUT2D eigenvalue weighted by molar-refractivity contribution is 4.81. The lowest BCUT2D eigenvalue weighted by Gasteiger charge is -2.02. The molecule has 0 aliphatic rings. The summed E-state index contributed by atoms with van der Waals surface area (Å²) < 4.78 is 0. The maximum absolute atomic E-state index is 3.78. The van der Waals surface area contributed by atoms with E-state index in [4.69, 9.17) is 0 Å². The summed E-state index contributed by atoms with van der Waals surface area (Å²) in [7, 11) is 0. The molecule has 0 aliphatic carbocycles. The zero-order valence-corrected chi connectivity index (χ0v) is 19.7. The van der Waals surface area contributed by atoms with E-state index in [-0.39, 0.29) is 0 Å². The summed E-state index contributed by atoms with van der Waals surface area (Å²) in [4.78, 5) is 0. The predicted octanol–water partition coefficient (Wildman–Crippen LogP) is 10.7. The molecule has 0 saturated carbocycles. The highest BCUT2D eigenvalue weighted by Gasteiger charge is 1.94. The van der Waals surface area contributed by atoms with Crippen LogP contribution in [-0.4, -0.2) is 0 Å². The Labute approximate surface area is 179 Å². The zero-order chi connectivity index (χ0) is 20.4. The van der Waals surface area contributed by atoms with E-state index < -0.39 is 0 Å². The molecule has 0 heterocycles. The van der Waals surface area contributed by atoms with Crippen LogP contribution in [0.5, 0.6) is 0 Å². The van der Waals surface area contributed by atoms with Gasteiger partial charge in [0.05, 0.1) is 0 Å². The van der Waals surface area contributed by atoms with Crippen molar-refractivity contribution in [3.63, 3.8) is 0 Å². The van der Waals surface area contributed by atoms with Crippen molar-refractivity contribution in [3.8, 4) is 0 Å². The fourth-order valence-electron chi connectivity index (χ4n) is 3.95. The zero-order valence-electron chi connectivity index (χ0n) is 19.7. The minimum Gasteiger partial charge on any atom is -0.103 e. The number of unbranched alkanes of at least 4 members (excludes halogenated alkanes) is 21. The van der Waals surface area contributed by atoms with E-state index in [0.717, 1.165) is 0 Å². The first kappa shape index (κ1) is 27.5. The van der Waals surface area contributed by atoms with Crippen molar-refractivity contribution in [2.24, 2.45) is 0 Å². The lowest BCUT2D eigenvalue weighted by atomic mass is 10.0. The lowest BCUT2D eigenvalue weighted by molar-refractivity contribution is 0.540. The maximum atomic E-state index is 3.78. The van der Waals surface area contributed by atoms with Gasteiger partial charge in [-0.2, -0.15) is 0 Å². The Morgan fingerprint density at radius 3 is 1.00 bits per heavy atom. The smallest absolute Gasteiger partial charge is 0.0351 e. The monoisotopic (exact) mass is 390 g/mol. The molecule has 0 bridgehead atoms. The van der Waals surface area contributed by atoms with Gasteiger partial charge in [0, 0.05) is 0 Å². The first-order valence-corrected chi connectivity index (χ1v) is 13.2. The summed E-state index contributed by atoms with van der Waals surface area (Å²) in [5.41, 5.74) is 0. The first-order chi connectivity index (χ1) is 13.9. The molecule has 166 valence electrons. The molecule has 0 heteroatoms. The summed E-state index contributed by atoms with van der Waals surface area (Å²) in [6.45, 7) is 6.08. The Hall–Kier alpha value is -0.520. The van der Waals surface area contributed by atoms with Crippen LogP contribution in [0.4, 0.5) is 0 Å². The second-order valence-electron chi connectivity index (χ2n) is 8.84. The Balaban J connectivity index is 3.06. The van der Waals surface area contributed by atoms with E-state index in [2.05, 4.69) is 25.7 Å². The Morgan fingerprint density at radius 2 is 0.679 bits per heavy atom. The quantitative estimate of drug-likeness (QED) is 0.113. The van der Waals surface area contributed by atoms with Gasteiger partial charge in [0.15, 0.2) is 0 Å². The van der Waals surface area contributed by atoms with Crippen LogP contribution in [-0.2, 0) is 0 Å². The molecule has 0 N–H and O–H groups in total. The molecule has 0 aromatic carbocycles. The van der Waals surface area contributed by atoms with E-state index in [1.807, 2.05) is 6.08 Å². The van der Waals surface area contributed by atoms with Crippen LogP contribution in [0.25, 0.3) is 0 Å². The summed E-state index contributed by atoms with van der Waals surface area (Å²) in [5.74, 6) is 0. The normalized spacial score (nSPS) is 11.5. The second kappa shape index (κ2) is 26.5. The molecule has 28 heavy (non-hydrogen) atoms. The van der Waals surface area contributed by atoms with Gasteiger partial charge < -0.3 is 0 Å². The Kier molecular flexibility index (Phi) is 26.0. The van der Waals surface area contributed by atoms with Crippen molar-refractivity contribution >= 4 is 0 Å². The van der Waals surface area contributed by atoms with Crippen molar-refractivity contribution in [1.29, 1.82) is 0 Å². The standard InChI is InChI=1S/C28H54/c1-3-5-7-9-11-13-15-17-19-21-23-25-27-28-26-24-22-20-18-16-14-12-10-8-6-4-2/h3,23,25H,1,4-22,24,26-28H2,2H3. The SMILES string of the molecule is C=CCCCCCCCCCC=CCCCCCCCCCCCCCCC. The predicted molar refractivity (Wildman–Crippen MR) is 131 cm³/mol. The van der Waals surface area contributed by atoms with Gasteiger partial charge >= 0.3 is 0 Å². The van der Waals surface area contributed by atoms with E-state index >= 15 is 0 Å². The average molecular weight is 391 g/mol. The molecule has 0 aromatic rings. The molecule has 0 fully saturated rings. The highest BCUT2D eigenvalue weighted by Crippen LogP contribution is 2.13. The fourth-order valence-corrected chi connectivity index (χ4v) is 3.95. The Bertz CT molecular complexity index is 301. The molecule has 0 radical (unpaired) electrons. The molecular weight excluding hydrogens is 336 g/mol. The third-order valence-electron chi connectivity index (χ3n) is 5.92.